The van der Waals surface area contributed by atoms with E-state index in [-0.39, 0.29) is 0 Å². The van der Waals surface area contributed by atoms with Crippen LogP contribution < -0.4 is 5.32 Å². The number of hydrogen-bond donors (Lipinski definition) is 1. The first kappa shape index (κ1) is 17.2. The topological polar surface area (TPSA) is 51.4 Å². The van der Waals surface area contributed by atoms with Gasteiger partial charge < -0.3 is 10.2 Å². The van der Waals surface area contributed by atoms with Gasteiger partial charge in [0.05, 0.1) is 11.6 Å². The van der Waals surface area contributed by atoms with Gasteiger partial charge in [0.25, 0.3) is 0 Å². The summed E-state index contributed by atoms with van der Waals surface area (Å²) in [5, 5.41) is 12.4. The molecule has 0 radical (unpaired) electrons. The van der Waals surface area contributed by atoms with Gasteiger partial charge in [-0.25, -0.2) is 0 Å². The molecule has 0 unspecified atom stereocenters. The lowest BCUT2D eigenvalue weighted by atomic mass is 9.87. The fourth-order valence-electron chi connectivity index (χ4n) is 3.73. The van der Waals surface area contributed by atoms with Crippen molar-refractivity contribution in [2.24, 2.45) is 4.99 Å². The van der Waals surface area contributed by atoms with Crippen molar-refractivity contribution in [3.63, 3.8) is 0 Å². The molecular formula is C19H26N4S. The van der Waals surface area contributed by atoms with Crippen LogP contribution >= 0.6 is 11.8 Å². The molecule has 1 heterocycles. The van der Waals surface area contributed by atoms with Crippen LogP contribution in [0.4, 0.5) is 0 Å². The molecule has 1 N–H and O–H groups in total. The van der Waals surface area contributed by atoms with Crippen LogP contribution in [0.2, 0.25) is 0 Å². The number of guanidine groups is 1. The quantitative estimate of drug-likeness (QED) is 0.661. The highest BCUT2D eigenvalue weighted by molar-refractivity contribution is 8.00. The average Bonchev–Trinajstić information content (AvgIpc) is 2.63. The van der Waals surface area contributed by atoms with Crippen molar-refractivity contribution in [2.75, 3.05) is 25.9 Å². The molecule has 2 fully saturated rings. The number of nitrogens with zero attached hydrogens (tertiary/aromatic N) is 3. The Balaban J connectivity index is 1.60. The molecule has 5 heteroatoms. The molecule has 1 saturated carbocycles. The standard InChI is InChI=1S/C19H26N4S/c1-21-18(22-14-17-7-5-16(13-20)6-8-17)23-11-12-24-19(15-23)9-3-2-4-10-19/h5-8H,2-4,9-12,14-15H2,1H3,(H,21,22). The number of aliphatic imine (C=N–C) groups is 1. The summed E-state index contributed by atoms with van der Waals surface area (Å²) < 4.78 is 0.447. The van der Waals surface area contributed by atoms with Gasteiger partial charge in [-0.3, -0.25) is 4.99 Å². The average molecular weight is 343 g/mol. The molecule has 0 aromatic heterocycles. The monoisotopic (exact) mass is 342 g/mol. The Morgan fingerprint density at radius 3 is 2.71 bits per heavy atom. The van der Waals surface area contributed by atoms with Gasteiger partial charge in [-0.15, -0.1) is 0 Å². The van der Waals surface area contributed by atoms with E-state index in [0.717, 1.165) is 25.6 Å². The lowest BCUT2D eigenvalue weighted by molar-refractivity contribution is 0.293. The molecule has 1 aromatic carbocycles. The molecular weight excluding hydrogens is 316 g/mol. The molecule has 1 aliphatic carbocycles. The van der Waals surface area contributed by atoms with Crippen molar-refractivity contribution in [3.05, 3.63) is 35.4 Å². The summed E-state index contributed by atoms with van der Waals surface area (Å²) in [5.74, 6) is 2.20. The molecule has 128 valence electrons. The summed E-state index contributed by atoms with van der Waals surface area (Å²) in [6, 6.07) is 9.91. The van der Waals surface area contributed by atoms with E-state index in [1.54, 1.807) is 0 Å². The number of nitriles is 1. The maximum Gasteiger partial charge on any atom is 0.193 e. The van der Waals surface area contributed by atoms with E-state index >= 15 is 0 Å². The van der Waals surface area contributed by atoms with Gasteiger partial charge in [0.1, 0.15) is 0 Å². The Morgan fingerprint density at radius 2 is 2.04 bits per heavy atom. The Kier molecular flexibility index (Phi) is 5.68. The number of benzene rings is 1. The Labute approximate surface area is 149 Å². The number of nitrogens with one attached hydrogen (secondary N) is 1. The maximum atomic E-state index is 8.88. The zero-order chi connectivity index (χ0) is 16.8. The molecule has 1 aliphatic heterocycles. The van der Waals surface area contributed by atoms with Crippen LogP contribution in [0.25, 0.3) is 0 Å². The fraction of sp³-hybridized carbons (Fsp3) is 0.579. The van der Waals surface area contributed by atoms with E-state index in [0.29, 0.717) is 10.3 Å². The second kappa shape index (κ2) is 7.94. The summed E-state index contributed by atoms with van der Waals surface area (Å²) in [4.78, 5) is 6.94. The van der Waals surface area contributed by atoms with Gasteiger partial charge >= 0.3 is 0 Å². The third-order valence-corrected chi connectivity index (χ3v) is 6.59. The largest absolute Gasteiger partial charge is 0.352 e. The highest BCUT2D eigenvalue weighted by Crippen LogP contribution is 2.42. The normalized spacial score (nSPS) is 20.7. The predicted molar refractivity (Wildman–Crippen MR) is 101 cm³/mol. The van der Waals surface area contributed by atoms with Gasteiger partial charge in [-0.2, -0.15) is 17.0 Å². The van der Waals surface area contributed by atoms with Gasteiger partial charge in [-0.05, 0) is 30.5 Å². The van der Waals surface area contributed by atoms with Crippen molar-refractivity contribution < 1.29 is 0 Å². The van der Waals surface area contributed by atoms with Crippen LogP contribution in [0, 0.1) is 11.3 Å². The molecule has 3 rings (SSSR count). The van der Waals surface area contributed by atoms with Crippen LogP contribution in [0.1, 0.15) is 43.2 Å². The van der Waals surface area contributed by atoms with E-state index in [4.69, 9.17) is 5.26 Å². The van der Waals surface area contributed by atoms with Crippen molar-refractivity contribution in [3.8, 4) is 6.07 Å². The second-order valence-corrected chi connectivity index (χ2v) is 8.29. The smallest absolute Gasteiger partial charge is 0.193 e. The first-order valence-corrected chi connectivity index (χ1v) is 9.82. The number of thioether (sulfide) groups is 1. The van der Waals surface area contributed by atoms with Crippen LogP contribution in [-0.4, -0.2) is 41.5 Å². The van der Waals surface area contributed by atoms with Crippen LogP contribution in [0.3, 0.4) is 0 Å². The van der Waals surface area contributed by atoms with Gasteiger partial charge in [0.2, 0.25) is 0 Å². The second-order valence-electron chi connectivity index (χ2n) is 6.72. The van der Waals surface area contributed by atoms with E-state index in [9.17, 15) is 0 Å². The molecule has 2 aliphatic rings. The lowest BCUT2D eigenvalue weighted by Crippen LogP contribution is -2.53. The molecule has 24 heavy (non-hydrogen) atoms. The molecule has 4 nitrogen and oxygen atoms in total. The highest BCUT2D eigenvalue weighted by atomic mass is 32.2. The van der Waals surface area contributed by atoms with Crippen molar-refractivity contribution in [1.82, 2.24) is 10.2 Å². The molecule has 1 saturated heterocycles. The van der Waals surface area contributed by atoms with Crippen LogP contribution in [-0.2, 0) is 6.54 Å². The van der Waals surface area contributed by atoms with Crippen molar-refractivity contribution >= 4 is 17.7 Å². The minimum absolute atomic E-state index is 0.447. The Morgan fingerprint density at radius 1 is 1.29 bits per heavy atom. The zero-order valence-electron chi connectivity index (χ0n) is 14.4. The van der Waals surface area contributed by atoms with E-state index in [2.05, 4.69) is 33.0 Å². The number of rotatable bonds is 2. The molecule has 0 amide bonds. The lowest BCUT2D eigenvalue weighted by Gasteiger charge is -2.45. The van der Waals surface area contributed by atoms with Crippen LogP contribution in [0.5, 0.6) is 0 Å². The van der Waals surface area contributed by atoms with Gasteiger partial charge in [0.15, 0.2) is 5.96 Å². The summed E-state index contributed by atoms with van der Waals surface area (Å²) in [5.41, 5.74) is 1.88. The SMILES string of the molecule is CN=C(NCc1ccc(C#N)cc1)N1CCSC2(CCCCC2)C1. The zero-order valence-corrected chi connectivity index (χ0v) is 15.2. The third kappa shape index (κ3) is 4.05. The highest BCUT2D eigenvalue weighted by Gasteiger charge is 2.38. The Bertz CT molecular complexity index is 606. The predicted octanol–water partition coefficient (Wildman–Crippen LogP) is 3.39. The fourth-order valence-corrected chi connectivity index (χ4v) is 5.30. The summed E-state index contributed by atoms with van der Waals surface area (Å²) >= 11 is 2.18. The van der Waals surface area contributed by atoms with Gasteiger partial charge in [0, 0.05) is 37.2 Å². The van der Waals surface area contributed by atoms with E-state index < -0.39 is 0 Å². The molecule has 0 atom stereocenters. The molecule has 1 aromatic rings. The van der Waals surface area contributed by atoms with Crippen molar-refractivity contribution in [1.29, 1.82) is 5.26 Å². The summed E-state index contributed by atoms with van der Waals surface area (Å²) in [6.45, 7) is 2.93. The summed E-state index contributed by atoms with van der Waals surface area (Å²) in [6.07, 6.45) is 6.84. The van der Waals surface area contributed by atoms with E-state index in [1.165, 1.54) is 43.4 Å². The number of hydrogen-bond acceptors (Lipinski definition) is 3. The molecule has 1 spiro atoms. The Hall–Kier alpha value is -1.67. The maximum absolute atomic E-state index is 8.88. The minimum atomic E-state index is 0.447. The first-order chi connectivity index (χ1) is 11.7. The minimum Gasteiger partial charge on any atom is -0.352 e. The molecule has 0 bridgehead atoms. The third-order valence-electron chi connectivity index (χ3n) is 5.06. The first-order valence-electron chi connectivity index (χ1n) is 8.83. The van der Waals surface area contributed by atoms with Crippen LogP contribution in [0.15, 0.2) is 29.3 Å². The summed E-state index contributed by atoms with van der Waals surface area (Å²) in [7, 11) is 1.87. The van der Waals surface area contributed by atoms with E-state index in [1.807, 2.05) is 31.3 Å². The van der Waals surface area contributed by atoms with Gasteiger partial charge in [-0.1, -0.05) is 31.4 Å². The van der Waals surface area contributed by atoms with Crippen molar-refractivity contribution in [2.45, 2.75) is 43.4 Å².